The fraction of sp³-hybridized carbons (Fsp3) is 0.143. The molecule has 0 bridgehead atoms. The largest absolute Gasteiger partial charge is 0.418 e. The van der Waals surface area contributed by atoms with E-state index in [1.807, 2.05) is 0 Å². The van der Waals surface area contributed by atoms with Crippen molar-refractivity contribution in [1.82, 2.24) is 0 Å². The average molecular weight is 443 g/mol. The first kappa shape index (κ1) is 16.6. The lowest BCUT2D eigenvalue weighted by Gasteiger charge is -2.15. The van der Waals surface area contributed by atoms with Crippen molar-refractivity contribution in [1.29, 1.82) is 0 Å². The normalized spacial score (nSPS) is 11.5. The van der Waals surface area contributed by atoms with Crippen LogP contribution >= 0.6 is 43.5 Å². The van der Waals surface area contributed by atoms with E-state index in [0.717, 1.165) is 16.1 Å². The number of rotatable bonds is 3. The first-order valence-electron chi connectivity index (χ1n) is 5.82. The molecule has 7 heteroatoms. The van der Waals surface area contributed by atoms with Crippen molar-refractivity contribution >= 4 is 49.1 Å². The van der Waals surface area contributed by atoms with Gasteiger partial charge in [0, 0.05) is 26.2 Å². The third-order valence-electron chi connectivity index (χ3n) is 2.77. The number of nitrogens with one attached hydrogen (secondary N) is 1. The lowest BCUT2D eigenvalue weighted by atomic mass is 10.1. The molecule has 0 saturated carbocycles. The summed E-state index contributed by atoms with van der Waals surface area (Å²) in [6, 6.07) is 9.16. The standard InChI is InChI=1S/C14H9Br2ClF3N/c15-9-2-4-13(11(5-9)14(18,19)20)21-7-8-1-3-10(17)6-12(8)16/h1-6,21H,7H2. The summed E-state index contributed by atoms with van der Waals surface area (Å²) in [6.45, 7) is 0.252. The van der Waals surface area contributed by atoms with Crippen molar-refractivity contribution in [2.24, 2.45) is 0 Å². The fourth-order valence-electron chi connectivity index (χ4n) is 1.76. The zero-order chi connectivity index (χ0) is 15.6. The van der Waals surface area contributed by atoms with Crippen LogP contribution in [-0.2, 0) is 12.7 Å². The van der Waals surface area contributed by atoms with Crippen LogP contribution in [-0.4, -0.2) is 0 Å². The van der Waals surface area contributed by atoms with Crippen molar-refractivity contribution in [2.75, 3.05) is 5.32 Å². The van der Waals surface area contributed by atoms with Crippen LogP contribution in [0.3, 0.4) is 0 Å². The van der Waals surface area contributed by atoms with Crippen LogP contribution in [0.1, 0.15) is 11.1 Å². The quantitative estimate of drug-likeness (QED) is 0.571. The molecular formula is C14H9Br2ClF3N. The Labute approximate surface area is 141 Å². The molecule has 2 aromatic rings. The predicted molar refractivity (Wildman–Crippen MR) is 85.6 cm³/mol. The van der Waals surface area contributed by atoms with Gasteiger partial charge in [-0.1, -0.05) is 49.5 Å². The van der Waals surface area contributed by atoms with Crippen molar-refractivity contribution in [3.05, 3.63) is 61.5 Å². The minimum atomic E-state index is -4.41. The molecule has 2 aromatic carbocycles. The second kappa shape index (κ2) is 6.58. The zero-order valence-electron chi connectivity index (χ0n) is 10.4. The van der Waals surface area contributed by atoms with Gasteiger partial charge in [0.15, 0.2) is 0 Å². The van der Waals surface area contributed by atoms with Gasteiger partial charge in [-0.15, -0.1) is 0 Å². The van der Waals surface area contributed by atoms with Gasteiger partial charge in [-0.3, -0.25) is 0 Å². The van der Waals surface area contributed by atoms with Gasteiger partial charge in [0.05, 0.1) is 5.56 Å². The van der Waals surface area contributed by atoms with Crippen LogP contribution in [0.5, 0.6) is 0 Å². The lowest BCUT2D eigenvalue weighted by Crippen LogP contribution is -2.11. The smallest absolute Gasteiger partial charge is 0.380 e. The van der Waals surface area contributed by atoms with E-state index >= 15 is 0 Å². The molecular weight excluding hydrogens is 434 g/mol. The average Bonchev–Trinajstić information content (AvgIpc) is 2.38. The Hall–Kier alpha value is -0.720. The van der Waals surface area contributed by atoms with Crippen LogP contribution in [0, 0.1) is 0 Å². The third-order valence-corrected chi connectivity index (χ3v) is 4.24. The first-order chi connectivity index (χ1) is 9.77. The molecule has 0 aromatic heterocycles. The van der Waals surface area contributed by atoms with Gasteiger partial charge >= 0.3 is 6.18 Å². The van der Waals surface area contributed by atoms with Gasteiger partial charge in [0.1, 0.15) is 0 Å². The van der Waals surface area contributed by atoms with E-state index < -0.39 is 11.7 Å². The Morgan fingerprint density at radius 2 is 1.76 bits per heavy atom. The SMILES string of the molecule is FC(F)(F)c1cc(Br)ccc1NCc1ccc(Cl)cc1Br. The monoisotopic (exact) mass is 441 g/mol. The molecule has 1 N–H and O–H groups in total. The molecule has 21 heavy (non-hydrogen) atoms. The summed E-state index contributed by atoms with van der Waals surface area (Å²) in [5.74, 6) is 0. The lowest BCUT2D eigenvalue weighted by molar-refractivity contribution is -0.137. The molecule has 0 atom stereocenters. The van der Waals surface area contributed by atoms with Crippen LogP contribution in [0.25, 0.3) is 0 Å². The van der Waals surface area contributed by atoms with Crippen LogP contribution in [0.15, 0.2) is 45.3 Å². The molecule has 0 spiro atoms. The Morgan fingerprint density at radius 3 is 2.38 bits per heavy atom. The summed E-state index contributed by atoms with van der Waals surface area (Å²) in [6.07, 6.45) is -4.41. The topological polar surface area (TPSA) is 12.0 Å². The Balaban J connectivity index is 2.24. The highest BCUT2D eigenvalue weighted by Gasteiger charge is 2.33. The highest BCUT2D eigenvalue weighted by Crippen LogP contribution is 2.37. The Bertz CT molecular complexity index is 659. The van der Waals surface area contributed by atoms with Crippen molar-refractivity contribution in [2.45, 2.75) is 12.7 Å². The molecule has 0 saturated heterocycles. The highest BCUT2D eigenvalue weighted by atomic mass is 79.9. The van der Waals surface area contributed by atoms with Crippen molar-refractivity contribution in [3.63, 3.8) is 0 Å². The number of benzene rings is 2. The Kier molecular flexibility index (Phi) is 5.22. The van der Waals surface area contributed by atoms with Gasteiger partial charge < -0.3 is 5.32 Å². The zero-order valence-corrected chi connectivity index (χ0v) is 14.4. The van der Waals surface area contributed by atoms with Gasteiger partial charge in [-0.2, -0.15) is 13.2 Å². The van der Waals surface area contributed by atoms with E-state index in [9.17, 15) is 13.2 Å². The van der Waals surface area contributed by atoms with E-state index in [-0.39, 0.29) is 12.2 Å². The van der Waals surface area contributed by atoms with Crippen LogP contribution in [0.4, 0.5) is 18.9 Å². The summed E-state index contributed by atoms with van der Waals surface area (Å²) in [5.41, 5.74) is 0.143. The fourth-order valence-corrected chi connectivity index (χ4v) is 2.94. The molecule has 0 aliphatic heterocycles. The molecule has 0 heterocycles. The molecule has 0 amide bonds. The molecule has 0 aliphatic carbocycles. The van der Waals surface area contributed by atoms with Crippen LogP contribution < -0.4 is 5.32 Å². The van der Waals surface area contributed by atoms with E-state index in [4.69, 9.17) is 11.6 Å². The van der Waals surface area contributed by atoms with Crippen molar-refractivity contribution in [3.8, 4) is 0 Å². The summed E-state index contributed by atoms with van der Waals surface area (Å²) in [4.78, 5) is 0. The Morgan fingerprint density at radius 1 is 1.05 bits per heavy atom. The van der Waals surface area contributed by atoms with Gasteiger partial charge in [-0.05, 0) is 35.9 Å². The molecule has 2 rings (SSSR count). The van der Waals surface area contributed by atoms with Gasteiger partial charge in [-0.25, -0.2) is 0 Å². The molecule has 1 nitrogen and oxygen atoms in total. The first-order valence-corrected chi connectivity index (χ1v) is 7.78. The number of hydrogen-bond donors (Lipinski definition) is 1. The summed E-state index contributed by atoms with van der Waals surface area (Å²) in [7, 11) is 0. The maximum Gasteiger partial charge on any atom is 0.418 e. The number of halogens is 6. The molecule has 0 aliphatic rings. The second-order valence-electron chi connectivity index (χ2n) is 4.28. The van der Waals surface area contributed by atoms with Gasteiger partial charge in [0.25, 0.3) is 0 Å². The van der Waals surface area contributed by atoms with Crippen LogP contribution in [0.2, 0.25) is 5.02 Å². The molecule has 112 valence electrons. The summed E-state index contributed by atoms with van der Waals surface area (Å²) in [5, 5.41) is 3.37. The highest BCUT2D eigenvalue weighted by molar-refractivity contribution is 9.10. The second-order valence-corrected chi connectivity index (χ2v) is 6.48. The maximum absolute atomic E-state index is 13.0. The minimum absolute atomic E-state index is 0.0348. The molecule has 0 fully saturated rings. The summed E-state index contributed by atoms with van der Waals surface area (Å²) >= 11 is 12.2. The number of alkyl halides is 3. The van der Waals surface area contributed by atoms with E-state index in [1.54, 1.807) is 24.3 Å². The minimum Gasteiger partial charge on any atom is -0.380 e. The van der Waals surface area contributed by atoms with Crippen molar-refractivity contribution < 1.29 is 13.2 Å². The molecule has 0 radical (unpaired) electrons. The number of anilines is 1. The van der Waals surface area contributed by atoms with E-state index in [1.165, 1.54) is 6.07 Å². The van der Waals surface area contributed by atoms with Gasteiger partial charge in [0.2, 0.25) is 0 Å². The molecule has 0 unspecified atom stereocenters. The maximum atomic E-state index is 13.0. The van der Waals surface area contributed by atoms with E-state index in [2.05, 4.69) is 37.2 Å². The third kappa shape index (κ3) is 4.37. The summed E-state index contributed by atoms with van der Waals surface area (Å²) < 4.78 is 40.1. The predicted octanol–water partition coefficient (Wildman–Crippen LogP) is 6.50. The van der Waals surface area contributed by atoms with E-state index in [0.29, 0.717) is 9.50 Å². The number of hydrogen-bond acceptors (Lipinski definition) is 1.